The fraction of sp³-hybridized carbons (Fsp3) is 0.500. The molecule has 1 N–H and O–H groups in total. The summed E-state index contributed by atoms with van der Waals surface area (Å²) >= 11 is 0. The number of carbonyl (C=O) groups excluding carboxylic acids is 1. The predicted octanol–water partition coefficient (Wildman–Crippen LogP) is 2.58. The predicted molar refractivity (Wildman–Crippen MR) is 79.8 cm³/mol. The van der Waals surface area contributed by atoms with Gasteiger partial charge in [-0.3, -0.25) is 9.59 Å². The third kappa shape index (κ3) is 7.19. The van der Waals surface area contributed by atoms with E-state index in [0.717, 1.165) is 12.1 Å². The summed E-state index contributed by atoms with van der Waals surface area (Å²) in [5, 5.41) is 8.77. The van der Waals surface area contributed by atoms with Crippen LogP contribution in [0, 0.1) is 11.6 Å². The first-order chi connectivity index (χ1) is 10.9. The lowest BCUT2D eigenvalue weighted by molar-refractivity contribution is -0.138. The van der Waals surface area contributed by atoms with E-state index < -0.39 is 17.6 Å². The van der Waals surface area contributed by atoms with Gasteiger partial charge in [-0.1, -0.05) is 6.07 Å². The second-order valence-corrected chi connectivity index (χ2v) is 5.01. The van der Waals surface area contributed by atoms with E-state index in [-0.39, 0.29) is 31.8 Å². The number of carboxylic acid groups (broad SMARTS) is 1. The molecule has 0 saturated heterocycles. The summed E-state index contributed by atoms with van der Waals surface area (Å²) in [7, 11) is 0. The van der Waals surface area contributed by atoms with Gasteiger partial charge < -0.3 is 14.7 Å². The van der Waals surface area contributed by atoms with Crippen LogP contribution >= 0.6 is 0 Å². The Labute approximate surface area is 133 Å². The highest BCUT2D eigenvalue weighted by Gasteiger charge is 2.16. The van der Waals surface area contributed by atoms with E-state index >= 15 is 0 Å². The topological polar surface area (TPSA) is 66.8 Å². The molecular weight excluding hydrogens is 308 g/mol. The van der Waals surface area contributed by atoms with Gasteiger partial charge in [0.2, 0.25) is 5.91 Å². The van der Waals surface area contributed by atoms with Gasteiger partial charge in [0.05, 0.1) is 6.42 Å². The van der Waals surface area contributed by atoms with Gasteiger partial charge >= 0.3 is 5.97 Å². The number of hydrogen-bond acceptors (Lipinski definition) is 3. The molecule has 0 aliphatic rings. The second kappa shape index (κ2) is 9.89. The number of hydrogen-bond donors (Lipinski definition) is 1. The molecule has 0 saturated carbocycles. The Hall–Kier alpha value is -2.02. The molecule has 0 fully saturated rings. The second-order valence-electron chi connectivity index (χ2n) is 5.01. The molecule has 0 unspecified atom stereocenters. The molecule has 7 heteroatoms. The van der Waals surface area contributed by atoms with Crippen LogP contribution in [0.5, 0.6) is 0 Å². The molecule has 0 radical (unpaired) electrons. The zero-order valence-electron chi connectivity index (χ0n) is 13.1. The van der Waals surface area contributed by atoms with E-state index in [1.165, 1.54) is 11.0 Å². The largest absolute Gasteiger partial charge is 0.481 e. The van der Waals surface area contributed by atoms with Crippen molar-refractivity contribution in [2.24, 2.45) is 0 Å². The molecule has 1 amide bonds. The van der Waals surface area contributed by atoms with E-state index in [1.807, 2.05) is 6.92 Å². The molecule has 23 heavy (non-hydrogen) atoms. The Bertz CT molecular complexity index is 537. The molecule has 0 bridgehead atoms. The number of carboxylic acids is 1. The summed E-state index contributed by atoms with van der Waals surface area (Å²) in [5.74, 6) is -3.23. The third-order valence-corrected chi connectivity index (χ3v) is 3.19. The molecule has 0 aliphatic heterocycles. The van der Waals surface area contributed by atoms with Crippen molar-refractivity contribution in [3.05, 3.63) is 35.4 Å². The summed E-state index contributed by atoms with van der Waals surface area (Å²) in [5.41, 5.74) is 0.410. The van der Waals surface area contributed by atoms with E-state index in [4.69, 9.17) is 9.84 Å². The lowest BCUT2D eigenvalue weighted by Gasteiger charge is -2.22. The maximum atomic E-state index is 13.2. The van der Waals surface area contributed by atoms with Gasteiger partial charge in [-0.15, -0.1) is 0 Å². The SMILES string of the molecule is CCOCCCC(=O)N(CCC(=O)O)Cc1ccc(F)c(F)c1. The summed E-state index contributed by atoms with van der Waals surface area (Å²) in [6, 6.07) is 3.37. The summed E-state index contributed by atoms with van der Waals surface area (Å²) in [6.45, 7) is 2.91. The number of nitrogens with zero attached hydrogens (tertiary/aromatic N) is 1. The molecular formula is C16H21F2NO4. The van der Waals surface area contributed by atoms with Crippen LogP contribution in [0.3, 0.4) is 0 Å². The molecule has 0 aliphatic carbocycles. The summed E-state index contributed by atoms with van der Waals surface area (Å²) in [4.78, 5) is 24.2. The van der Waals surface area contributed by atoms with Crippen molar-refractivity contribution in [1.29, 1.82) is 0 Å². The normalized spacial score (nSPS) is 10.6. The lowest BCUT2D eigenvalue weighted by Crippen LogP contribution is -2.32. The molecule has 1 rings (SSSR count). The Morgan fingerprint density at radius 3 is 2.57 bits per heavy atom. The van der Waals surface area contributed by atoms with Crippen LogP contribution in [0.25, 0.3) is 0 Å². The zero-order chi connectivity index (χ0) is 17.2. The minimum atomic E-state index is -1.03. The van der Waals surface area contributed by atoms with Gasteiger partial charge in [-0.2, -0.15) is 0 Å². The fourth-order valence-electron chi connectivity index (χ4n) is 2.01. The van der Waals surface area contributed by atoms with Crippen molar-refractivity contribution in [2.45, 2.75) is 32.7 Å². The van der Waals surface area contributed by atoms with E-state index in [0.29, 0.717) is 25.2 Å². The Morgan fingerprint density at radius 2 is 1.96 bits per heavy atom. The average Bonchev–Trinajstić information content (AvgIpc) is 2.51. The number of ether oxygens (including phenoxy) is 1. The monoisotopic (exact) mass is 329 g/mol. The zero-order valence-corrected chi connectivity index (χ0v) is 13.1. The van der Waals surface area contributed by atoms with Crippen LogP contribution in [-0.4, -0.2) is 41.6 Å². The number of aliphatic carboxylic acids is 1. The maximum Gasteiger partial charge on any atom is 0.305 e. The molecule has 128 valence electrons. The van der Waals surface area contributed by atoms with Gasteiger partial charge in [0.15, 0.2) is 11.6 Å². The molecule has 0 heterocycles. The van der Waals surface area contributed by atoms with Crippen LogP contribution in [0.4, 0.5) is 8.78 Å². The summed E-state index contributed by atoms with van der Waals surface area (Å²) in [6.07, 6.45) is 0.526. The number of rotatable bonds is 10. The Kier molecular flexibility index (Phi) is 8.18. The third-order valence-electron chi connectivity index (χ3n) is 3.19. The number of carbonyl (C=O) groups is 2. The smallest absolute Gasteiger partial charge is 0.305 e. The van der Waals surface area contributed by atoms with Crippen LogP contribution in [-0.2, 0) is 20.9 Å². The van der Waals surface area contributed by atoms with Crippen LogP contribution in [0.15, 0.2) is 18.2 Å². The standard InChI is InChI=1S/C16H21F2NO4/c1-2-23-9-3-4-15(20)19(8-7-16(21)22)11-12-5-6-13(17)14(18)10-12/h5-6,10H,2-4,7-9,11H2,1H3,(H,21,22). The van der Waals surface area contributed by atoms with Crippen LogP contribution in [0.2, 0.25) is 0 Å². The first kappa shape index (κ1) is 19.0. The van der Waals surface area contributed by atoms with E-state index in [2.05, 4.69) is 0 Å². The van der Waals surface area contributed by atoms with Crippen LogP contribution < -0.4 is 0 Å². The molecule has 0 atom stereocenters. The lowest BCUT2D eigenvalue weighted by atomic mass is 10.1. The Balaban J connectivity index is 2.68. The summed E-state index contributed by atoms with van der Waals surface area (Å²) < 4.78 is 31.3. The van der Waals surface area contributed by atoms with Gasteiger partial charge in [-0.05, 0) is 31.0 Å². The first-order valence-corrected chi connectivity index (χ1v) is 7.45. The van der Waals surface area contributed by atoms with Crippen molar-refractivity contribution in [1.82, 2.24) is 4.90 Å². The minimum absolute atomic E-state index is 0.0157. The number of halogens is 2. The van der Waals surface area contributed by atoms with Gasteiger partial charge in [0, 0.05) is 32.7 Å². The molecule has 0 spiro atoms. The number of amides is 1. The average molecular weight is 329 g/mol. The molecule has 0 aromatic heterocycles. The van der Waals surface area contributed by atoms with Crippen molar-refractivity contribution < 1.29 is 28.2 Å². The van der Waals surface area contributed by atoms with Crippen molar-refractivity contribution in [3.63, 3.8) is 0 Å². The minimum Gasteiger partial charge on any atom is -0.481 e. The highest BCUT2D eigenvalue weighted by Crippen LogP contribution is 2.12. The quantitative estimate of drug-likeness (QED) is 0.670. The Morgan fingerprint density at radius 1 is 1.22 bits per heavy atom. The van der Waals surface area contributed by atoms with E-state index in [1.54, 1.807) is 0 Å². The van der Waals surface area contributed by atoms with Crippen molar-refractivity contribution in [2.75, 3.05) is 19.8 Å². The first-order valence-electron chi connectivity index (χ1n) is 7.45. The molecule has 5 nitrogen and oxygen atoms in total. The van der Waals surface area contributed by atoms with Crippen LogP contribution in [0.1, 0.15) is 31.7 Å². The van der Waals surface area contributed by atoms with Gasteiger partial charge in [-0.25, -0.2) is 8.78 Å². The number of benzene rings is 1. The maximum absolute atomic E-state index is 13.2. The van der Waals surface area contributed by atoms with Gasteiger partial charge in [0.25, 0.3) is 0 Å². The van der Waals surface area contributed by atoms with E-state index in [9.17, 15) is 18.4 Å². The van der Waals surface area contributed by atoms with Crippen molar-refractivity contribution >= 4 is 11.9 Å². The van der Waals surface area contributed by atoms with Crippen molar-refractivity contribution in [3.8, 4) is 0 Å². The highest BCUT2D eigenvalue weighted by molar-refractivity contribution is 5.77. The molecule has 1 aromatic carbocycles. The fourth-order valence-corrected chi connectivity index (χ4v) is 2.01. The highest BCUT2D eigenvalue weighted by atomic mass is 19.2. The van der Waals surface area contributed by atoms with Gasteiger partial charge in [0.1, 0.15) is 0 Å². The molecule has 1 aromatic rings.